The van der Waals surface area contributed by atoms with Crippen LogP contribution in [0.2, 0.25) is 0 Å². The molecule has 2 heterocycles. The highest BCUT2D eigenvalue weighted by atomic mass is 32.2. The highest BCUT2D eigenvalue weighted by Gasteiger charge is 2.28. The number of carbonyl (C=O) groups is 1. The number of alkyl halides is 2. The molecule has 1 aromatic heterocycles. The smallest absolute Gasteiger partial charge is 0.387 e. The van der Waals surface area contributed by atoms with Crippen LogP contribution in [0.15, 0.2) is 29.4 Å². The molecule has 0 spiro atoms. The number of rotatable bonds is 10. The van der Waals surface area contributed by atoms with Crippen LogP contribution in [0, 0.1) is 0 Å². The van der Waals surface area contributed by atoms with Gasteiger partial charge in [-0.1, -0.05) is 18.2 Å². The van der Waals surface area contributed by atoms with E-state index in [0.29, 0.717) is 11.7 Å². The van der Waals surface area contributed by atoms with Gasteiger partial charge in [-0.3, -0.25) is 14.3 Å². The van der Waals surface area contributed by atoms with E-state index in [9.17, 15) is 13.6 Å². The van der Waals surface area contributed by atoms with E-state index < -0.39 is 6.61 Å². The van der Waals surface area contributed by atoms with E-state index in [2.05, 4.69) is 19.8 Å². The summed E-state index contributed by atoms with van der Waals surface area (Å²) in [5.41, 5.74) is 0.741. The normalized spacial score (nSPS) is 15.8. The van der Waals surface area contributed by atoms with E-state index in [1.165, 1.54) is 30.3 Å². The standard InChI is InChI=1S/C24H35F2N5O2S/c1-16(2)30(17(3)4)22(32)18(5)34-24-28-27-21(15-29-13-7-6-8-14-29)31(24)19-9-11-20(12-10-19)33-23(25)26/h9-12,16-18,23H,6-8,13-15H2,1-5H3. The Morgan fingerprint density at radius 3 is 2.21 bits per heavy atom. The predicted molar refractivity (Wildman–Crippen MR) is 130 cm³/mol. The summed E-state index contributed by atoms with van der Waals surface area (Å²) in [5, 5.41) is 9.12. The van der Waals surface area contributed by atoms with Gasteiger partial charge in [0, 0.05) is 17.8 Å². The summed E-state index contributed by atoms with van der Waals surface area (Å²) in [6, 6.07) is 6.62. The second-order valence-electron chi connectivity index (χ2n) is 9.14. The highest BCUT2D eigenvalue weighted by molar-refractivity contribution is 8.00. The van der Waals surface area contributed by atoms with Gasteiger partial charge in [0.05, 0.1) is 11.8 Å². The molecule has 34 heavy (non-hydrogen) atoms. The number of halogens is 2. The lowest BCUT2D eigenvalue weighted by Gasteiger charge is -2.32. The van der Waals surface area contributed by atoms with Crippen molar-refractivity contribution in [2.45, 2.75) is 89.5 Å². The number of likely N-dealkylation sites (tertiary alicyclic amines) is 1. The molecule has 1 fully saturated rings. The Kier molecular flexibility index (Phi) is 9.30. The third-order valence-electron chi connectivity index (χ3n) is 5.83. The fraction of sp³-hybridized carbons (Fsp3) is 0.625. The molecule has 7 nitrogen and oxygen atoms in total. The van der Waals surface area contributed by atoms with Crippen molar-refractivity contribution in [3.05, 3.63) is 30.1 Å². The predicted octanol–water partition coefficient (Wildman–Crippen LogP) is 4.98. The highest BCUT2D eigenvalue weighted by Crippen LogP contribution is 2.29. The van der Waals surface area contributed by atoms with Crippen molar-refractivity contribution in [1.82, 2.24) is 24.6 Å². The van der Waals surface area contributed by atoms with Crippen molar-refractivity contribution in [1.29, 1.82) is 0 Å². The second kappa shape index (κ2) is 12.0. The SMILES string of the molecule is CC(Sc1nnc(CN2CCCCC2)n1-c1ccc(OC(F)F)cc1)C(=O)N(C(C)C)C(C)C. The minimum absolute atomic E-state index is 0.0443. The second-order valence-corrected chi connectivity index (χ2v) is 10.4. The first kappa shape index (κ1) is 26.4. The number of hydrogen-bond acceptors (Lipinski definition) is 6. The van der Waals surface area contributed by atoms with Crippen LogP contribution in [0.5, 0.6) is 5.75 Å². The minimum atomic E-state index is -2.88. The summed E-state index contributed by atoms with van der Waals surface area (Å²) in [6.45, 7) is 9.69. The van der Waals surface area contributed by atoms with Gasteiger partial charge in [-0.2, -0.15) is 8.78 Å². The minimum Gasteiger partial charge on any atom is -0.435 e. The number of ether oxygens (including phenoxy) is 1. The van der Waals surface area contributed by atoms with E-state index in [4.69, 9.17) is 0 Å². The van der Waals surface area contributed by atoms with Gasteiger partial charge < -0.3 is 9.64 Å². The molecule has 1 unspecified atom stereocenters. The molecule has 1 aliphatic rings. The van der Waals surface area contributed by atoms with Gasteiger partial charge in [0.2, 0.25) is 5.91 Å². The average molecular weight is 496 g/mol. The lowest BCUT2D eigenvalue weighted by molar-refractivity contribution is -0.133. The van der Waals surface area contributed by atoms with E-state index in [-0.39, 0.29) is 29.0 Å². The van der Waals surface area contributed by atoms with Crippen LogP contribution >= 0.6 is 11.8 Å². The average Bonchev–Trinajstić information content (AvgIpc) is 3.15. The molecule has 1 amide bonds. The third-order valence-corrected chi connectivity index (χ3v) is 6.86. The molecule has 1 saturated heterocycles. The van der Waals surface area contributed by atoms with Gasteiger partial charge in [0.25, 0.3) is 0 Å². The van der Waals surface area contributed by atoms with E-state index in [1.54, 1.807) is 12.1 Å². The number of amides is 1. The van der Waals surface area contributed by atoms with Gasteiger partial charge >= 0.3 is 6.61 Å². The molecule has 188 valence electrons. The number of thioether (sulfide) groups is 1. The monoisotopic (exact) mass is 495 g/mol. The lowest BCUT2D eigenvalue weighted by Crippen LogP contribution is -2.45. The molecule has 10 heteroatoms. The molecular weight excluding hydrogens is 460 g/mol. The maximum Gasteiger partial charge on any atom is 0.387 e. The van der Waals surface area contributed by atoms with Crippen LogP contribution < -0.4 is 4.74 Å². The summed E-state index contributed by atoms with van der Waals surface area (Å²) in [6.07, 6.45) is 3.54. The summed E-state index contributed by atoms with van der Waals surface area (Å²) in [4.78, 5) is 17.4. The van der Waals surface area contributed by atoms with E-state index in [1.807, 2.05) is 44.1 Å². The number of piperidine rings is 1. The lowest BCUT2D eigenvalue weighted by atomic mass is 10.1. The first-order valence-corrected chi connectivity index (χ1v) is 12.8. The van der Waals surface area contributed by atoms with Gasteiger partial charge in [-0.05, 0) is 84.8 Å². The zero-order chi connectivity index (χ0) is 24.8. The number of carbonyl (C=O) groups excluding carboxylic acids is 1. The largest absolute Gasteiger partial charge is 0.435 e. The summed E-state index contributed by atoms with van der Waals surface area (Å²) in [5.74, 6) is 0.894. The summed E-state index contributed by atoms with van der Waals surface area (Å²) < 4.78 is 31.6. The van der Waals surface area contributed by atoms with Crippen LogP contribution in [0.1, 0.15) is 59.7 Å². The maximum absolute atomic E-state index is 13.2. The fourth-order valence-corrected chi connectivity index (χ4v) is 5.30. The van der Waals surface area contributed by atoms with Crippen molar-refractivity contribution < 1.29 is 18.3 Å². The molecule has 0 aliphatic carbocycles. The topological polar surface area (TPSA) is 63.5 Å². The Balaban J connectivity index is 1.89. The number of benzene rings is 1. The summed E-state index contributed by atoms with van der Waals surface area (Å²) >= 11 is 1.36. The maximum atomic E-state index is 13.2. The Hall–Kier alpha value is -2.20. The Labute approximate surface area is 204 Å². The van der Waals surface area contributed by atoms with Crippen molar-refractivity contribution in [3.63, 3.8) is 0 Å². The molecular formula is C24H35F2N5O2S. The van der Waals surface area contributed by atoms with Crippen LogP contribution in [-0.4, -0.2) is 67.5 Å². The zero-order valence-electron chi connectivity index (χ0n) is 20.6. The summed E-state index contributed by atoms with van der Waals surface area (Å²) in [7, 11) is 0. The van der Waals surface area contributed by atoms with Crippen LogP contribution in [0.3, 0.4) is 0 Å². The molecule has 0 radical (unpaired) electrons. The molecule has 1 atom stereocenters. The van der Waals surface area contributed by atoms with Crippen molar-refractivity contribution in [3.8, 4) is 11.4 Å². The first-order valence-electron chi connectivity index (χ1n) is 11.9. The van der Waals surface area contributed by atoms with Crippen molar-refractivity contribution in [2.75, 3.05) is 13.1 Å². The Morgan fingerprint density at radius 1 is 1.03 bits per heavy atom. The third kappa shape index (κ3) is 6.69. The van der Waals surface area contributed by atoms with Crippen LogP contribution in [-0.2, 0) is 11.3 Å². The number of nitrogens with zero attached hydrogens (tertiary/aromatic N) is 5. The molecule has 0 saturated carbocycles. The van der Waals surface area contributed by atoms with E-state index >= 15 is 0 Å². The molecule has 0 N–H and O–H groups in total. The van der Waals surface area contributed by atoms with Crippen LogP contribution in [0.25, 0.3) is 5.69 Å². The first-order chi connectivity index (χ1) is 16.2. The van der Waals surface area contributed by atoms with Gasteiger partial charge in [0.15, 0.2) is 11.0 Å². The van der Waals surface area contributed by atoms with Gasteiger partial charge in [-0.25, -0.2) is 0 Å². The van der Waals surface area contributed by atoms with Crippen molar-refractivity contribution >= 4 is 17.7 Å². The fourth-order valence-electron chi connectivity index (χ4n) is 4.36. The molecule has 0 bridgehead atoms. The molecule has 1 aromatic carbocycles. The quantitative estimate of drug-likeness (QED) is 0.433. The molecule has 3 rings (SSSR count). The van der Waals surface area contributed by atoms with Crippen molar-refractivity contribution in [2.24, 2.45) is 0 Å². The van der Waals surface area contributed by atoms with E-state index in [0.717, 1.165) is 37.4 Å². The number of aromatic nitrogens is 3. The number of hydrogen-bond donors (Lipinski definition) is 0. The van der Waals surface area contributed by atoms with Gasteiger partial charge in [0.1, 0.15) is 5.75 Å². The zero-order valence-corrected chi connectivity index (χ0v) is 21.4. The van der Waals surface area contributed by atoms with Crippen LogP contribution in [0.4, 0.5) is 8.78 Å². The molecule has 1 aliphatic heterocycles. The van der Waals surface area contributed by atoms with Gasteiger partial charge in [-0.15, -0.1) is 10.2 Å². The Morgan fingerprint density at radius 2 is 1.65 bits per heavy atom. The Bertz CT molecular complexity index is 922. The molecule has 2 aromatic rings.